The maximum Gasteiger partial charge on any atom is 0.195 e. The summed E-state index contributed by atoms with van der Waals surface area (Å²) in [6.07, 6.45) is 0. The van der Waals surface area contributed by atoms with E-state index in [9.17, 15) is 9.59 Å². The van der Waals surface area contributed by atoms with Crippen molar-refractivity contribution >= 4 is 48.9 Å². The lowest BCUT2D eigenvalue weighted by Gasteiger charge is -2.00. The molecule has 0 aliphatic carbocycles. The summed E-state index contributed by atoms with van der Waals surface area (Å²) in [5.74, 6) is 0.0752. The molecule has 0 aliphatic heterocycles. The van der Waals surface area contributed by atoms with E-state index < -0.39 is 0 Å². The van der Waals surface area contributed by atoms with Gasteiger partial charge in [0.15, 0.2) is 11.2 Å². The van der Waals surface area contributed by atoms with Crippen LogP contribution in [0.25, 0.3) is 20.2 Å². The SMILES string of the molecule is O=C(c1ccccc1)c1ccccc1.O=c1c2ccccc2sc2ccc(Cl)cc12. The van der Waals surface area contributed by atoms with Crippen LogP contribution in [0.15, 0.2) is 108 Å². The summed E-state index contributed by atoms with van der Waals surface area (Å²) in [5, 5.41) is 2.07. The van der Waals surface area contributed by atoms with E-state index in [1.807, 2.05) is 97.1 Å². The van der Waals surface area contributed by atoms with Crippen LogP contribution in [-0.4, -0.2) is 5.78 Å². The number of benzene rings is 4. The van der Waals surface area contributed by atoms with Gasteiger partial charge < -0.3 is 0 Å². The first kappa shape index (κ1) is 20.0. The average molecular weight is 429 g/mol. The molecule has 0 N–H and O–H groups in total. The van der Waals surface area contributed by atoms with Crippen molar-refractivity contribution in [2.24, 2.45) is 0 Å². The van der Waals surface area contributed by atoms with Crippen LogP contribution in [-0.2, 0) is 0 Å². The van der Waals surface area contributed by atoms with Crippen molar-refractivity contribution in [3.63, 3.8) is 0 Å². The largest absolute Gasteiger partial charge is 0.289 e. The highest BCUT2D eigenvalue weighted by atomic mass is 35.5. The highest BCUT2D eigenvalue weighted by Crippen LogP contribution is 2.26. The molecule has 0 bridgehead atoms. The molecule has 146 valence electrons. The number of rotatable bonds is 2. The normalized spacial score (nSPS) is 10.4. The third-order valence-corrected chi connectivity index (χ3v) is 6.00. The Bertz CT molecular complexity index is 1340. The number of ketones is 1. The van der Waals surface area contributed by atoms with Crippen LogP contribution in [0.5, 0.6) is 0 Å². The molecule has 1 aromatic heterocycles. The van der Waals surface area contributed by atoms with E-state index in [2.05, 4.69) is 0 Å². The van der Waals surface area contributed by atoms with Crippen molar-refractivity contribution in [3.8, 4) is 0 Å². The van der Waals surface area contributed by atoms with Gasteiger partial charge in [-0.1, -0.05) is 84.4 Å². The van der Waals surface area contributed by atoms with Gasteiger partial charge in [-0.25, -0.2) is 0 Å². The average Bonchev–Trinajstić information content (AvgIpc) is 2.81. The summed E-state index contributed by atoms with van der Waals surface area (Å²) in [5.41, 5.74) is 1.53. The highest BCUT2D eigenvalue weighted by molar-refractivity contribution is 7.24. The number of carbonyl (C=O) groups is 1. The van der Waals surface area contributed by atoms with Gasteiger partial charge in [0.1, 0.15) is 0 Å². The lowest BCUT2D eigenvalue weighted by molar-refractivity contribution is 0.103. The van der Waals surface area contributed by atoms with E-state index in [-0.39, 0.29) is 11.2 Å². The Morgan fingerprint density at radius 3 is 1.80 bits per heavy atom. The lowest BCUT2D eigenvalue weighted by atomic mass is 10.0. The monoisotopic (exact) mass is 428 g/mol. The fourth-order valence-corrected chi connectivity index (χ4v) is 4.35. The molecular weight excluding hydrogens is 412 g/mol. The van der Waals surface area contributed by atoms with Gasteiger partial charge in [0.2, 0.25) is 0 Å². The van der Waals surface area contributed by atoms with Crippen LogP contribution in [0, 0.1) is 0 Å². The fourth-order valence-electron chi connectivity index (χ4n) is 3.12. The maximum absolute atomic E-state index is 12.2. The molecule has 30 heavy (non-hydrogen) atoms. The van der Waals surface area contributed by atoms with Crippen molar-refractivity contribution in [3.05, 3.63) is 130 Å². The van der Waals surface area contributed by atoms with Crippen LogP contribution in [0.4, 0.5) is 0 Å². The number of hydrogen-bond donors (Lipinski definition) is 0. The summed E-state index contributed by atoms with van der Waals surface area (Å²) in [7, 11) is 0. The Labute approximate surface area is 183 Å². The number of halogens is 1. The molecule has 0 aliphatic rings. The molecule has 0 saturated heterocycles. The van der Waals surface area contributed by atoms with Gasteiger partial charge in [-0.05, 0) is 30.3 Å². The number of hydrogen-bond acceptors (Lipinski definition) is 3. The van der Waals surface area contributed by atoms with Gasteiger partial charge in [0.25, 0.3) is 0 Å². The molecule has 5 rings (SSSR count). The Morgan fingerprint density at radius 1 is 0.633 bits per heavy atom. The second-order valence-electron chi connectivity index (χ2n) is 6.63. The number of fused-ring (bicyclic) bond motifs is 2. The minimum absolute atomic E-state index is 0.0619. The number of carbonyl (C=O) groups excluding carboxylic acids is 1. The van der Waals surface area contributed by atoms with Crippen LogP contribution in [0.1, 0.15) is 15.9 Å². The van der Waals surface area contributed by atoms with Crippen LogP contribution in [0.3, 0.4) is 0 Å². The van der Waals surface area contributed by atoms with E-state index in [0.29, 0.717) is 10.4 Å². The van der Waals surface area contributed by atoms with Crippen LogP contribution >= 0.6 is 22.9 Å². The zero-order valence-electron chi connectivity index (χ0n) is 15.9. The Kier molecular flexibility index (Phi) is 6.03. The summed E-state index contributed by atoms with van der Waals surface area (Å²) in [6, 6.07) is 31.7. The zero-order valence-corrected chi connectivity index (χ0v) is 17.5. The highest BCUT2D eigenvalue weighted by Gasteiger charge is 2.06. The zero-order chi connectivity index (χ0) is 20.9. The summed E-state index contributed by atoms with van der Waals surface area (Å²) < 4.78 is 2.00. The van der Waals surface area contributed by atoms with Crippen LogP contribution < -0.4 is 5.43 Å². The summed E-state index contributed by atoms with van der Waals surface area (Å²) >= 11 is 7.52. The molecule has 0 radical (unpaired) electrons. The predicted molar refractivity (Wildman–Crippen MR) is 127 cm³/mol. The van der Waals surface area contributed by atoms with Crippen LogP contribution in [0.2, 0.25) is 5.02 Å². The molecule has 0 saturated carbocycles. The molecule has 1 heterocycles. The minimum Gasteiger partial charge on any atom is -0.289 e. The first-order valence-electron chi connectivity index (χ1n) is 9.39. The minimum atomic E-state index is 0.0619. The van der Waals surface area contributed by atoms with Gasteiger partial charge in [0.05, 0.1) is 0 Å². The quantitative estimate of drug-likeness (QED) is 0.224. The molecule has 0 amide bonds. The fraction of sp³-hybridized carbons (Fsp3) is 0. The van der Waals surface area contributed by atoms with Gasteiger partial charge >= 0.3 is 0 Å². The lowest BCUT2D eigenvalue weighted by Crippen LogP contribution is -2.00. The molecule has 5 aromatic rings. The van der Waals surface area contributed by atoms with Crippen molar-refractivity contribution in [1.29, 1.82) is 0 Å². The van der Waals surface area contributed by atoms with Crippen molar-refractivity contribution in [1.82, 2.24) is 0 Å². The summed E-state index contributed by atoms with van der Waals surface area (Å²) in [6.45, 7) is 0. The van der Waals surface area contributed by atoms with Gasteiger partial charge in [-0.3, -0.25) is 9.59 Å². The predicted octanol–water partition coefficient (Wildman–Crippen LogP) is 6.99. The molecule has 4 heteroatoms. The second kappa shape index (κ2) is 9.04. The molecule has 4 aromatic carbocycles. The van der Waals surface area contributed by atoms with E-state index >= 15 is 0 Å². The molecule has 2 nitrogen and oxygen atoms in total. The van der Waals surface area contributed by atoms with Gasteiger partial charge in [-0.2, -0.15) is 0 Å². The smallest absolute Gasteiger partial charge is 0.195 e. The van der Waals surface area contributed by atoms with Crippen molar-refractivity contribution < 1.29 is 4.79 Å². The Balaban J connectivity index is 0.000000147. The first-order valence-corrected chi connectivity index (χ1v) is 10.6. The Morgan fingerprint density at radius 2 is 1.17 bits per heavy atom. The molecule has 0 atom stereocenters. The third kappa shape index (κ3) is 4.33. The van der Waals surface area contributed by atoms with Gasteiger partial charge in [-0.15, -0.1) is 11.3 Å². The van der Waals surface area contributed by atoms with Crippen molar-refractivity contribution in [2.45, 2.75) is 0 Å². The second-order valence-corrected chi connectivity index (χ2v) is 8.15. The van der Waals surface area contributed by atoms with Gasteiger partial charge in [0, 0.05) is 36.3 Å². The van der Waals surface area contributed by atoms with E-state index in [4.69, 9.17) is 11.6 Å². The summed E-state index contributed by atoms with van der Waals surface area (Å²) in [4.78, 5) is 24.0. The topological polar surface area (TPSA) is 34.1 Å². The van der Waals surface area contributed by atoms with E-state index in [1.165, 1.54) is 0 Å². The first-order chi connectivity index (χ1) is 14.6. The molecule has 0 fully saturated rings. The third-order valence-electron chi connectivity index (χ3n) is 4.61. The maximum atomic E-state index is 12.2. The van der Waals surface area contributed by atoms with E-state index in [0.717, 1.165) is 25.9 Å². The molecule has 0 unspecified atom stereocenters. The standard InChI is InChI=1S/C13H7ClOS.C13H10O/c14-8-5-6-12-10(7-8)13(15)9-3-1-2-4-11(9)16-12;14-13(11-7-3-1-4-8-11)12-9-5-2-6-10-12/h1-7H;1-10H. The Hall–Kier alpha value is -3.27. The molecule has 0 spiro atoms. The van der Waals surface area contributed by atoms with E-state index in [1.54, 1.807) is 17.4 Å². The molecular formula is C26H17ClO2S. The van der Waals surface area contributed by atoms with Crippen molar-refractivity contribution in [2.75, 3.05) is 0 Å².